The standard InChI is InChI=1S/C33H44N22O9/c34-18(56)19(50-29(35)36)46-24(58)21(52-31(39)40)48-26(60)22(53-32(41)42)49-25(59)20(51-30(37)38)47-23(57)17(14-7-2-1-3-8-14)45-27(61)28(62)54(33-43-11-6-12-44-33)13-15-9-4-5-10-16(15)55(63)64/h1-12,17,19-22,28,62H,13H2,(H2,34,56)(H,45,61)(H,46,58)(H,47,57)(H,48,60)(H,49,59)(H4,35,36,50)(H4,37,38,51)(H4,39,40,52)(H4,41,42,53). The first-order valence-corrected chi connectivity index (χ1v) is 17.9. The molecule has 0 aliphatic heterocycles. The van der Waals surface area contributed by atoms with E-state index in [1.54, 1.807) is 6.07 Å². The Balaban J connectivity index is 1.92. The molecule has 3 aromatic rings. The van der Waals surface area contributed by atoms with E-state index in [2.05, 4.69) is 41.9 Å². The fourth-order valence-electron chi connectivity index (χ4n) is 5.22. The van der Waals surface area contributed by atoms with Gasteiger partial charge in [0.2, 0.25) is 18.1 Å². The van der Waals surface area contributed by atoms with Crippen LogP contribution in [0.1, 0.15) is 17.2 Å². The molecule has 31 nitrogen and oxygen atoms in total. The molecule has 6 amide bonds. The van der Waals surface area contributed by atoms with Gasteiger partial charge in [0.1, 0.15) is 6.04 Å². The summed E-state index contributed by atoms with van der Waals surface area (Å²) in [6, 6.07) is 12.4. The molecule has 1 heterocycles. The molecule has 31 heteroatoms. The number of hydrogen-bond donors (Lipinski definition) is 19. The Morgan fingerprint density at radius 2 is 1.02 bits per heavy atom. The molecule has 3 rings (SSSR count). The number of anilines is 1. The summed E-state index contributed by atoms with van der Waals surface area (Å²) in [6.45, 7) is -0.479. The third-order valence-electron chi connectivity index (χ3n) is 7.97. The maximum Gasteiger partial charge on any atom is 0.274 e. The minimum Gasteiger partial charge on any atom is -0.370 e. The fourth-order valence-corrected chi connectivity index (χ4v) is 5.22. The molecule has 340 valence electrons. The largest absolute Gasteiger partial charge is 0.370 e. The van der Waals surface area contributed by atoms with E-state index < -0.39 is 108 Å². The lowest BCUT2D eigenvalue weighted by Crippen LogP contribution is -2.68. The number of nitrogens with zero attached hydrogens (tertiary/aromatic N) is 4. The smallest absolute Gasteiger partial charge is 0.274 e. The highest BCUT2D eigenvalue weighted by atomic mass is 16.6. The zero-order valence-electron chi connectivity index (χ0n) is 33.0. The van der Waals surface area contributed by atoms with Gasteiger partial charge in [0.15, 0.2) is 48.5 Å². The van der Waals surface area contributed by atoms with Gasteiger partial charge in [-0.1, -0.05) is 48.5 Å². The molecule has 64 heavy (non-hydrogen) atoms. The molecule has 0 bridgehead atoms. The molecular formula is C33H44N22O9. The van der Waals surface area contributed by atoms with E-state index in [1.807, 2.05) is 16.0 Å². The lowest BCUT2D eigenvalue weighted by molar-refractivity contribution is -0.385. The van der Waals surface area contributed by atoms with Gasteiger partial charge in [0.25, 0.3) is 35.2 Å². The van der Waals surface area contributed by atoms with Gasteiger partial charge in [-0.25, -0.2) is 9.97 Å². The SMILES string of the molecule is N=C(N)NC(NC(=O)C(NC(=N)N)NC(=O)C(NC(=N)N)NC(=O)C(NC(=N)N)NC(=O)C(NC(=O)C(O)N(Cc1ccccc1[N+](=O)[O-])c1ncccn1)c1ccccc1)C(N)=O. The normalized spacial score (nSPS) is 13.2. The summed E-state index contributed by atoms with van der Waals surface area (Å²) in [5.41, 5.74) is 26.4. The van der Waals surface area contributed by atoms with Gasteiger partial charge in [-0.2, -0.15) is 0 Å². The van der Waals surface area contributed by atoms with E-state index in [9.17, 15) is 44.0 Å². The van der Waals surface area contributed by atoms with Crippen molar-refractivity contribution in [1.29, 1.82) is 21.6 Å². The number of nitrogens with two attached hydrogens (primary N) is 5. The molecule has 24 N–H and O–H groups in total. The molecule has 2 aromatic carbocycles. The molecule has 0 saturated heterocycles. The lowest BCUT2D eigenvalue weighted by Gasteiger charge is -2.30. The molecule has 1 aromatic heterocycles. The van der Waals surface area contributed by atoms with E-state index >= 15 is 0 Å². The molecule has 0 aliphatic carbocycles. The lowest BCUT2D eigenvalue weighted by atomic mass is 10.1. The van der Waals surface area contributed by atoms with Crippen LogP contribution in [0.4, 0.5) is 11.6 Å². The number of aliphatic hydroxyl groups is 1. The van der Waals surface area contributed by atoms with E-state index in [0.29, 0.717) is 0 Å². The van der Waals surface area contributed by atoms with Crippen molar-refractivity contribution in [2.24, 2.45) is 28.7 Å². The van der Waals surface area contributed by atoms with Gasteiger partial charge in [0, 0.05) is 24.0 Å². The average Bonchev–Trinajstić information content (AvgIpc) is 3.23. The van der Waals surface area contributed by atoms with Crippen molar-refractivity contribution in [3.05, 3.63) is 94.3 Å². The van der Waals surface area contributed by atoms with Crippen molar-refractivity contribution >= 4 is 70.9 Å². The van der Waals surface area contributed by atoms with Crippen molar-refractivity contribution < 1.29 is 38.8 Å². The minimum absolute atomic E-state index is 0.0483. The van der Waals surface area contributed by atoms with E-state index in [4.69, 9.17) is 50.3 Å². The Morgan fingerprint density at radius 1 is 0.594 bits per heavy atom. The number of rotatable bonds is 21. The monoisotopic (exact) mass is 892 g/mol. The van der Waals surface area contributed by atoms with E-state index in [0.717, 1.165) is 4.90 Å². The van der Waals surface area contributed by atoms with Gasteiger partial charge in [0.05, 0.1) is 11.5 Å². The van der Waals surface area contributed by atoms with Crippen molar-refractivity contribution in [1.82, 2.24) is 57.8 Å². The van der Waals surface area contributed by atoms with Crippen LogP contribution >= 0.6 is 0 Å². The second-order valence-electron chi connectivity index (χ2n) is 12.7. The number of hydrogen-bond acceptors (Lipinski definition) is 16. The summed E-state index contributed by atoms with van der Waals surface area (Å²) in [5.74, 6) is -11.6. The highest BCUT2D eigenvalue weighted by Gasteiger charge is 2.36. The number of nitro groups is 1. The first-order chi connectivity index (χ1) is 30.2. The fraction of sp³-hybridized carbons (Fsp3) is 0.212. The number of nitrogens with one attached hydrogen (secondary N) is 13. The first kappa shape index (κ1) is 48.9. The molecule has 0 spiro atoms. The van der Waals surface area contributed by atoms with Gasteiger partial charge in [-0.05, 0) is 11.6 Å². The summed E-state index contributed by atoms with van der Waals surface area (Å²) >= 11 is 0. The maximum atomic E-state index is 14.0. The predicted molar refractivity (Wildman–Crippen MR) is 222 cm³/mol. The molecule has 6 unspecified atom stereocenters. The Hall–Kier alpha value is -9.42. The zero-order valence-corrected chi connectivity index (χ0v) is 33.0. The third-order valence-corrected chi connectivity index (χ3v) is 7.97. The second kappa shape index (κ2) is 22.8. The summed E-state index contributed by atoms with van der Waals surface area (Å²) < 4.78 is 0. The summed E-state index contributed by atoms with van der Waals surface area (Å²) in [4.78, 5) is 99.9. The summed E-state index contributed by atoms with van der Waals surface area (Å²) in [7, 11) is 0. The minimum atomic E-state index is -2.22. The van der Waals surface area contributed by atoms with Gasteiger partial charge in [-0.15, -0.1) is 0 Å². The number of nitro benzene ring substituents is 1. The molecule has 0 fully saturated rings. The quantitative estimate of drug-likeness (QED) is 0.0155. The maximum absolute atomic E-state index is 14.0. The third kappa shape index (κ3) is 14.7. The van der Waals surface area contributed by atoms with Crippen molar-refractivity contribution in [2.75, 3.05) is 4.90 Å². The number of carbonyl (C=O) groups excluding carboxylic acids is 6. The van der Waals surface area contributed by atoms with Crippen LogP contribution in [-0.4, -0.2) is 110 Å². The van der Waals surface area contributed by atoms with Crippen LogP contribution in [0, 0.1) is 31.8 Å². The van der Waals surface area contributed by atoms with E-state index in [-0.39, 0.29) is 22.8 Å². The number of carbonyl (C=O) groups is 6. The average molecular weight is 893 g/mol. The van der Waals surface area contributed by atoms with Crippen LogP contribution in [0.25, 0.3) is 0 Å². The van der Waals surface area contributed by atoms with Crippen LogP contribution in [0.5, 0.6) is 0 Å². The number of amides is 6. The summed E-state index contributed by atoms with van der Waals surface area (Å²) in [6.07, 6.45) is -7.70. The van der Waals surface area contributed by atoms with Crippen molar-refractivity contribution in [3.8, 4) is 0 Å². The van der Waals surface area contributed by atoms with Crippen LogP contribution in [-0.2, 0) is 35.3 Å². The van der Waals surface area contributed by atoms with Crippen LogP contribution in [0.3, 0.4) is 0 Å². The molecule has 0 saturated carbocycles. The van der Waals surface area contributed by atoms with Crippen LogP contribution < -0.4 is 81.4 Å². The second-order valence-corrected chi connectivity index (χ2v) is 12.7. The number of primary amides is 1. The highest BCUT2D eigenvalue weighted by molar-refractivity contribution is 5.99. The van der Waals surface area contributed by atoms with Gasteiger partial charge in [-0.3, -0.25) is 60.5 Å². The molecular weight excluding hydrogens is 849 g/mol. The Labute approximate surface area is 360 Å². The highest BCUT2D eigenvalue weighted by Crippen LogP contribution is 2.23. The van der Waals surface area contributed by atoms with Crippen LogP contribution in [0.15, 0.2) is 73.1 Å². The first-order valence-electron chi connectivity index (χ1n) is 17.9. The Morgan fingerprint density at radius 3 is 1.47 bits per heavy atom. The van der Waals surface area contributed by atoms with Gasteiger partial charge < -0.3 is 86.5 Å². The molecule has 0 radical (unpaired) electrons. The molecule has 6 atom stereocenters. The summed E-state index contributed by atoms with van der Waals surface area (Å²) in [5, 5.41) is 72.4. The van der Waals surface area contributed by atoms with Gasteiger partial charge >= 0.3 is 0 Å². The zero-order chi connectivity index (χ0) is 47.7. The number of aromatic nitrogens is 2. The predicted octanol–water partition coefficient (Wildman–Crippen LogP) is -7.25. The van der Waals surface area contributed by atoms with Crippen molar-refractivity contribution in [2.45, 2.75) is 43.5 Å². The Kier molecular flexibility index (Phi) is 17.4. The van der Waals surface area contributed by atoms with E-state index in [1.165, 1.54) is 67.0 Å². The number of aliphatic hydroxyl groups excluding tert-OH is 1. The topological polar surface area (TPSA) is 529 Å². The van der Waals surface area contributed by atoms with Crippen molar-refractivity contribution in [3.63, 3.8) is 0 Å². The number of para-hydroxylation sites is 1. The van der Waals surface area contributed by atoms with Crippen LogP contribution in [0.2, 0.25) is 0 Å². The number of guanidine groups is 4. The Bertz CT molecular complexity index is 2250. The number of benzene rings is 2. The molecule has 0 aliphatic rings.